The van der Waals surface area contributed by atoms with Gasteiger partial charge in [0.15, 0.2) is 5.82 Å². The molecule has 0 radical (unpaired) electrons. The van der Waals surface area contributed by atoms with Gasteiger partial charge in [0.25, 0.3) is 0 Å². The zero-order chi connectivity index (χ0) is 19.0. The number of fused-ring (bicyclic) bond motifs is 1. The number of anilines is 1. The van der Waals surface area contributed by atoms with Crippen LogP contribution in [0.2, 0.25) is 0 Å². The van der Waals surface area contributed by atoms with Gasteiger partial charge in [0.1, 0.15) is 5.60 Å². The minimum Gasteiger partial charge on any atom is -0.378 e. The highest BCUT2D eigenvalue weighted by Crippen LogP contribution is 2.27. The molecule has 8 nitrogen and oxygen atoms in total. The summed E-state index contributed by atoms with van der Waals surface area (Å²) in [4.78, 5) is 8.48. The predicted octanol–water partition coefficient (Wildman–Crippen LogP) is 1.91. The lowest BCUT2D eigenvalue weighted by Crippen LogP contribution is -2.14. The number of aliphatic hydroxyl groups is 1. The van der Waals surface area contributed by atoms with Gasteiger partial charge in [-0.15, -0.1) is 0 Å². The van der Waals surface area contributed by atoms with E-state index in [2.05, 4.69) is 37.1 Å². The number of hydrogen-bond donors (Lipinski definition) is 3. The van der Waals surface area contributed by atoms with Crippen molar-refractivity contribution in [3.63, 3.8) is 0 Å². The number of H-pyrrole nitrogens is 1. The van der Waals surface area contributed by atoms with E-state index in [1.807, 2.05) is 18.2 Å². The third kappa shape index (κ3) is 3.36. The molecule has 0 fully saturated rings. The largest absolute Gasteiger partial charge is 0.378 e. The highest BCUT2D eigenvalue weighted by molar-refractivity contribution is 5.83. The fraction of sp³-hybridized carbons (Fsp3) is 0.158. The molecule has 0 aliphatic heterocycles. The quantitative estimate of drug-likeness (QED) is 0.471. The van der Waals surface area contributed by atoms with Gasteiger partial charge in [-0.1, -0.05) is 11.8 Å². The second kappa shape index (κ2) is 6.23. The second-order valence-corrected chi connectivity index (χ2v) is 6.59. The van der Waals surface area contributed by atoms with E-state index >= 15 is 0 Å². The van der Waals surface area contributed by atoms with E-state index in [4.69, 9.17) is 5.73 Å². The number of hydrogen-bond acceptors (Lipinski definition) is 6. The Labute approximate surface area is 155 Å². The highest BCUT2D eigenvalue weighted by Gasteiger charge is 2.15. The Bertz CT molecular complexity index is 1170. The van der Waals surface area contributed by atoms with Crippen molar-refractivity contribution < 1.29 is 5.11 Å². The van der Waals surface area contributed by atoms with Crippen LogP contribution in [-0.4, -0.2) is 40.7 Å². The average molecular weight is 359 g/mol. The molecule has 134 valence electrons. The summed E-state index contributed by atoms with van der Waals surface area (Å²) in [7, 11) is 0. The number of nitrogens with two attached hydrogens (primary N) is 1. The molecular weight excluding hydrogens is 342 g/mol. The van der Waals surface area contributed by atoms with Gasteiger partial charge < -0.3 is 10.8 Å². The molecule has 0 aliphatic carbocycles. The lowest BCUT2D eigenvalue weighted by Gasteiger charge is -2.09. The molecule has 27 heavy (non-hydrogen) atoms. The number of nitrogens with one attached hydrogen (secondary N) is 1. The summed E-state index contributed by atoms with van der Waals surface area (Å²) in [6, 6.07) is 5.71. The van der Waals surface area contributed by atoms with Crippen LogP contribution in [0.25, 0.3) is 27.8 Å². The molecule has 0 atom stereocenters. The molecule has 0 spiro atoms. The molecule has 0 unspecified atom stereocenters. The van der Waals surface area contributed by atoms with E-state index in [0.29, 0.717) is 5.82 Å². The Kier molecular flexibility index (Phi) is 3.86. The van der Waals surface area contributed by atoms with Gasteiger partial charge in [0.2, 0.25) is 5.95 Å². The van der Waals surface area contributed by atoms with Crippen LogP contribution in [0.1, 0.15) is 19.4 Å². The van der Waals surface area contributed by atoms with Crippen molar-refractivity contribution in [2.45, 2.75) is 19.4 Å². The number of rotatable bonds is 2. The van der Waals surface area contributed by atoms with Gasteiger partial charge in [-0.05, 0) is 32.0 Å². The molecule has 0 amide bonds. The van der Waals surface area contributed by atoms with Crippen molar-refractivity contribution >= 4 is 16.9 Å². The van der Waals surface area contributed by atoms with Crippen molar-refractivity contribution in [2.24, 2.45) is 0 Å². The van der Waals surface area contributed by atoms with Crippen LogP contribution in [0, 0.1) is 11.8 Å². The van der Waals surface area contributed by atoms with Gasteiger partial charge in [-0.25, -0.2) is 9.67 Å². The van der Waals surface area contributed by atoms with Crippen molar-refractivity contribution in [2.75, 3.05) is 5.73 Å². The van der Waals surface area contributed by atoms with Crippen LogP contribution >= 0.6 is 0 Å². The second-order valence-electron chi connectivity index (χ2n) is 6.59. The maximum atomic E-state index is 9.83. The highest BCUT2D eigenvalue weighted by atomic mass is 16.3. The first-order chi connectivity index (χ1) is 12.9. The molecule has 0 saturated heterocycles. The molecule has 0 saturated carbocycles. The van der Waals surface area contributed by atoms with E-state index in [0.717, 1.165) is 27.6 Å². The average Bonchev–Trinajstić information content (AvgIpc) is 3.28. The van der Waals surface area contributed by atoms with E-state index in [-0.39, 0.29) is 5.95 Å². The van der Waals surface area contributed by atoms with Gasteiger partial charge in [0, 0.05) is 34.5 Å². The first-order valence-corrected chi connectivity index (χ1v) is 8.26. The number of benzene rings is 1. The van der Waals surface area contributed by atoms with Crippen LogP contribution in [0.15, 0.2) is 43.0 Å². The zero-order valence-electron chi connectivity index (χ0n) is 14.8. The van der Waals surface area contributed by atoms with Crippen LogP contribution in [0.4, 0.5) is 5.95 Å². The molecule has 0 aliphatic rings. The predicted molar refractivity (Wildman–Crippen MR) is 102 cm³/mol. The fourth-order valence-corrected chi connectivity index (χ4v) is 2.64. The van der Waals surface area contributed by atoms with E-state index in [1.165, 1.54) is 0 Å². The summed E-state index contributed by atoms with van der Waals surface area (Å²) in [5.41, 5.74) is 7.91. The van der Waals surface area contributed by atoms with Crippen molar-refractivity contribution in [1.82, 2.24) is 29.9 Å². The van der Waals surface area contributed by atoms with E-state index < -0.39 is 5.60 Å². The maximum Gasteiger partial charge on any atom is 0.222 e. The standard InChI is InChI=1S/C19H17N7O/c1-19(2,27)6-5-12-3-4-13-10-24-26(16(13)7-12)17-15(11-21-18(20)25-17)14-8-22-23-9-14/h3-4,7-11,27H,1-2H3,(H,22,23)(H2,20,21,25). The molecule has 4 rings (SSSR count). The van der Waals surface area contributed by atoms with E-state index in [1.54, 1.807) is 43.3 Å². The number of aromatic amines is 1. The van der Waals surface area contributed by atoms with Crippen LogP contribution < -0.4 is 5.73 Å². The monoisotopic (exact) mass is 359 g/mol. The summed E-state index contributed by atoms with van der Waals surface area (Å²) in [5.74, 6) is 6.50. The van der Waals surface area contributed by atoms with Crippen LogP contribution in [0.3, 0.4) is 0 Å². The molecule has 3 heterocycles. The Morgan fingerprint density at radius 1 is 1.22 bits per heavy atom. The first-order valence-electron chi connectivity index (χ1n) is 8.26. The zero-order valence-corrected chi connectivity index (χ0v) is 14.8. The SMILES string of the molecule is CC(C)(O)C#Cc1ccc2cnn(-c3nc(N)ncc3-c3cn[nH]c3)c2c1. The topological polar surface area (TPSA) is 119 Å². The molecule has 4 aromatic rings. The van der Waals surface area contributed by atoms with E-state index in [9.17, 15) is 5.11 Å². The summed E-state index contributed by atoms with van der Waals surface area (Å²) in [6.07, 6.45) is 6.84. The first kappa shape index (κ1) is 16.8. The van der Waals surface area contributed by atoms with Crippen molar-refractivity contribution in [3.05, 3.63) is 48.5 Å². The minimum atomic E-state index is -1.06. The Morgan fingerprint density at radius 2 is 2.07 bits per heavy atom. The van der Waals surface area contributed by atoms with Gasteiger partial charge in [-0.3, -0.25) is 5.10 Å². The number of aromatic nitrogens is 6. The van der Waals surface area contributed by atoms with Gasteiger partial charge >= 0.3 is 0 Å². The smallest absolute Gasteiger partial charge is 0.222 e. The van der Waals surface area contributed by atoms with Gasteiger partial charge in [-0.2, -0.15) is 15.2 Å². The fourth-order valence-electron chi connectivity index (χ4n) is 2.64. The lowest BCUT2D eigenvalue weighted by molar-refractivity contribution is 0.143. The molecule has 0 bridgehead atoms. The molecule has 3 aromatic heterocycles. The number of nitrogen functional groups attached to an aromatic ring is 1. The summed E-state index contributed by atoms with van der Waals surface area (Å²) in [6.45, 7) is 3.28. The van der Waals surface area contributed by atoms with Crippen LogP contribution in [0.5, 0.6) is 0 Å². The summed E-state index contributed by atoms with van der Waals surface area (Å²) < 4.78 is 1.70. The maximum absolute atomic E-state index is 9.83. The third-order valence-corrected chi connectivity index (χ3v) is 3.88. The minimum absolute atomic E-state index is 0.152. The Balaban J connectivity index is 1.90. The molecular formula is C19H17N7O. The normalized spacial score (nSPS) is 11.4. The molecule has 4 N–H and O–H groups in total. The van der Waals surface area contributed by atoms with Crippen LogP contribution in [-0.2, 0) is 0 Å². The van der Waals surface area contributed by atoms with Crippen molar-refractivity contribution in [1.29, 1.82) is 0 Å². The number of nitrogens with zero attached hydrogens (tertiary/aromatic N) is 5. The lowest BCUT2D eigenvalue weighted by atomic mass is 10.1. The van der Waals surface area contributed by atoms with Crippen molar-refractivity contribution in [3.8, 4) is 28.8 Å². The summed E-state index contributed by atoms with van der Waals surface area (Å²) in [5, 5.41) is 22.0. The molecule has 8 heteroatoms. The third-order valence-electron chi connectivity index (χ3n) is 3.88. The summed E-state index contributed by atoms with van der Waals surface area (Å²) >= 11 is 0. The Hall–Kier alpha value is -3.70. The van der Waals surface area contributed by atoms with Gasteiger partial charge in [0.05, 0.1) is 17.9 Å². The molecule has 1 aromatic carbocycles. The Morgan fingerprint density at radius 3 is 2.81 bits per heavy atom.